The molecule has 0 bridgehead atoms. The topological polar surface area (TPSA) is 75.7 Å². The Labute approximate surface area is 189 Å². The SMILES string of the molecule is COc1ccc(C)c(NC(=O)c2ccc(CN(c3ccc(C)c(C)c3)S(C)(=O)=O)cc2)c1. The fourth-order valence-electron chi connectivity index (χ4n) is 3.27. The fourth-order valence-corrected chi connectivity index (χ4v) is 4.15. The molecule has 0 spiro atoms. The number of carbonyl (C=O) groups excluding carboxylic acids is 1. The van der Waals surface area contributed by atoms with Gasteiger partial charge in [-0.25, -0.2) is 8.42 Å². The van der Waals surface area contributed by atoms with Gasteiger partial charge in [0.2, 0.25) is 10.0 Å². The molecule has 0 aliphatic carbocycles. The zero-order valence-electron chi connectivity index (χ0n) is 19.0. The molecular formula is C25H28N2O4S. The number of hydrogen-bond donors (Lipinski definition) is 1. The van der Waals surface area contributed by atoms with Crippen LogP contribution >= 0.6 is 0 Å². The van der Waals surface area contributed by atoms with E-state index in [4.69, 9.17) is 4.74 Å². The van der Waals surface area contributed by atoms with Gasteiger partial charge in [0, 0.05) is 17.3 Å². The van der Waals surface area contributed by atoms with Crippen LogP contribution in [0.2, 0.25) is 0 Å². The maximum atomic E-state index is 12.7. The van der Waals surface area contributed by atoms with Crippen molar-refractivity contribution in [2.24, 2.45) is 0 Å². The summed E-state index contributed by atoms with van der Waals surface area (Å²) in [6.45, 7) is 6.03. The van der Waals surface area contributed by atoms with Crippen LogP contribution < -0.4 is 14.4 Å². The number of benzene rings is 3. The van der Waals surface area contributed by atoms with Crippen molar-refractivity contribution in [1.82, 2.24) is 0 Å². The molecule has 0 aliphatic rings. The van der Waals surface area contributed by atoms with Crippen LogP contribution in [0.3, 0.4) is 0 Å². The van der Waals surface area contributed by atoms with Crippen molar-refractivity contribution in [2.45, 2.75) is 27.3 Å². The van der Waals surface area contributed by atoms with E-state index in [1.54, 1.807) is 37.4 Å². The van der Waals surface area contributed by atoms with Gasteiger partial charge in [0.15, 0.2) is 0 Å². The van der Waals surface area contributed by atoms with E-state index >= 15 is 0 Å². The lowest BCUT2D eigenvalue weighted by Gasteiger charge is -2.23. The van der Waals surface area contributed by atoms with Gasteiger partial charge in [0.25, 0.3) is 5.91 Å². The third-order valence-electron chi connectivity index (χ3n) is 5.41. The van der Waals surface area contributed by atoms with Crippen molar-refractivity contribution in [3.63, 3.8) is 0 Å². The Kier molecular flexibility index (Phi) is 6.89. The van der Waals surface area contributed by atoms with Gasteiger partial charge in [-0.2, -0.15) is 0 Å². The molecule has 0 saturated heterocycles. The van der Waals surface area contributed by atoms with Crippen LogP contribution in [0.15, 0.2) is 60.7 Å². The van der Waals surface area contributed by atoms with E-state index < -0.39 is 10.0 Å². The molecule has 0 aromatic heterocycles. The van der Waals surface area contributed by atoms with Crippen LogP contribution in [-0.2, 0) is 16.6 Å². The highest BCUT2D eigenvalue weighted by Crippen LogP contribution is 2.25. The Morgan fingerprint density at radius 3 is 2.16 bits per heavy atom. The third-order valence-corrected chi connectivity index (χ3v) is 6.55. The number of methoxy groups -OCH3 is 1. The summed E-state index contributed by atoms with van der Waals surface area (Å²) in [5.41, 5.74) is 5.60. The highest BCUT2D eigenvalue weighted by atomic mass is 32.2. The van der Waals surface area contributed by atoms with Gasteiger partial charge in [-0.1, -0.05) is 24.3 Å². The highest BCUT2D eigenvalue weighted by molar-refractivity contribution is 7.92. The second-order valence-corrected chi connectivity index (χ2v) is 9.78. The minimum atomic E-state index is -3.48. The van der Waals surface area contributed by atoms with Gasteiger partial charge in [0.05, 0.1) is 25.6 Å². The smallest absolute Gasteiger partial charge is 0.255 e. The first kappa shape index (κ1) is 23.3. The summed E-state index contributed by atoms with van der Waals surface area (Å²) in [6.07, 6.45) is 1.19. The number of sulfonamides is 1. The number of nitrogens with one attached hydrogen (secondary N) is 1. The van der Waals surface area contributed by atoms with Gasteiger partial charge in [-0.15, -0.1) is 0 Å². The number of aryl methyl sites for hydroxylation is 3. The number of ether oxygens (including phenoxy) is 1. The maximum absolute atomic E-state index is 12.7. The Balaban J connectivity index is 1.79. The molecule has 0 unspecified atom stereocenters. The van der Waals surface area contributed by atoms with Crippen LogP contribution in [0.1, 0.15) is 32.6 Å². The summed E-state index contributed by atoms with van der Waals surface area (Å²) in [5.74, 6) is 0.412. The number of carbonyl (C=O) groups is 1. The first-order valence-corrected chi connectivity index (χ1v) is 12.0. The van der Waals surface area contributed by atoms with Crippen molar-refractivity contribution >= 4 is 27.3 Å². The molecule has 6 nitrogen and oxygen atoms in total. The summed E-state index contributed by atoms with van der Waals surface area (Å²) >= 11 is 0. The molecule has 1 N–H and O–H groups in total. The molecule has 0 aliphatic heterocycles. The monoisotopic (exact) mass is 452 g/mol. The summed E-state index contributed by atoms with van der Waals surface area (Å²) in [7, 11) is -1.91. The standard InChI is InChI=1S/C25H28N2O4S/c1-17-6-12-22(14-19(17)3)27(32(5,29)30)16-20-8-10-21(11-9-20)25(28)26-24-15-23(31-4)13-7-18(24)2/h6-15H,16H2,1-5H3,(H,26,28). The van der Waals surface area contributed by atoms with Crippen molar-refractivity contribution in [1.29, 1.82) is 0 Å². The molecule has 0 fully saturated rings. The predicted molar refractivity (Wildman–Crippen MR) is 129 cm³/mol. The van der Waals surface area contributed by atoms with Crippen molar-refractivity contribution in [3.8, 4) is 5.75 Å². The van der Waals surface area contributed by atoms with Crippen LogP contribution in [0, 0.1) is 20.8 Å². The third kappa shape index (κ3) is 5.48. The van der Waals surface area contributed by atoms with E-state index in [1.807, 2.05) is 51.1 Å². The molecule has 3 aromatic carbocycles. The average molecular weight is 453 g/mol. The molecule has 3 aromatic rings. The van der Waals surface area contributed by atoms with E-state index in [2.05, 4.69) is 5.32 Å². The normalized spacial score (nSPS) is 11.2. The highest BCUT2D eigenvalue weighted by Gasteiger charge is 2.19. The Hall–Kier alpha value is -3.32. The number of anilines is 2. The zero-order valence-corrected chi connectivity index (χ0v) is 19.8. The molecule has 0 atom stereocenters. The maximum Gasteiger partial charge on any atom is 0.255 e. The molecule has 0 heterocycles. The summed E-state index contributed by atoms with van der Waals surface area (Å²) in [4.78, 5) is 12.7. The fraction of sp³-hybridized carbons (Fsp3) is 0.240. The summed E-state index contributed by atoms with van der Waals surface area (Å²) < 4.78 is 31.5. The minimum absolute atomic E-state index is 0.179. The quantitative estimate of drug-likeness (QED) is 0.557. The molecule has 0 radical (unpaired) electrons. The van der Waals surface area contributed by atoms with Crippen LogP contribution in [0.5, 0.6) is 5.75 Å². The lowest BCUT2D eigenvalue weighted by Crippen LogP contribution is -2.29. The Morgan fingerprint density at radius 1 is 0.906 bits per heavy atom. The number of rotatable bonds is 7. The second-order valence-electron chi connectivity index (χ2n) is 7.87. The lowest BCUT2D eigenvalue weighted by molar-refractivity contribution is 0.102. The first-order chi connectivity index (χ1) is 15.1. The molecular weight excluding hydrogens is 424 g/mol. The van der Waals surface area contributed by atoms with Gasteiger partial charge in [-0.3, -0.25) is 9.10 Å². The van der Waals surface area contributed by atoms with Crippen molar-refractivity contribution in [3.05, 3.63) is 88.5 Å². The largest absolute Gasteiger partial charge is 0.497 e. The van der Waals surface area contributed by atoms with Crippen LogP contribution in [0.4, 0.5) is 11.4 Å². The van der Waals surface area contributed by atoms with Gasteiger partial charge < -0.3 is 10.1 Å². The molecule has 168 valence electrons. The number of hydrogen-bond acceptors (Lipinski definition) is 4. The first-order valence-electron chi connectivity index (χ1n) is 10.2. The van der Waals surface area contributed by atoms with E-state index in [1.165, 1.54) is 10.6 Å². The average Bonchev–Trinajstić information content (AvgIpc) is 2.75. The number of amides is 1. The van der Waals surface area contributed by atoms with E-state index in [0.29, 0.717) is 22.7 Å². The molecule has 7 heteroatoms. The van der Waals surface area contributed by atoms with Gasteiger partial charge >= 0.3 is 0 Å². The van der Waals surface area contributed by atoms with E-state index in [-0.39, 0.29) is 12.5 Å². The lowest BCUT2D eigenvalue weighted by atomic mass is 10.1. The number of nitrogens with zero attached hydrogens (tertiary/aromatic N) is 1. The molecule has 32 heavy (non-hydrogen) atoms. The molecule has 1 amide bonds. The summed E-state index contributed by atoms with van der Waals surface area (Å²) in [6, 6.07) is 18.0. The minimum Gasteiger partial charge on any atom is -0.497 e. The predicted octanol–water partition coefficient (Wildman–Crippen LogP) is 4.84. The van der Waals surface area contributed by atoms with Crippen LogP contribution in [0.25, 0.3) is 0 Å². The van der Waals surface area contributed by atoms with Gasteiger partial charge in [-0.05, 0) is 73.4 Å². The van der Waals surface area contributed by atoms with Gasteiger partial charge in [0.1, 0.15) is 5.75 Å². The zero-order chi connectivity index (χ0) is 23.5. The van der Waals surface area contributed by atoms with E-state index in [9.17, 15) is 13.2 Å². The van der Waals surface area contributed by atoms with Crippen molar-refractivity contribution in [2.75, 3.05) is 23.0 Å². The molecule has 3 rings (SSSR count). The summed E-state index contributed by atoms with van der Waals surface area (Å²) in [5, 5.41) is 2.90. The van der Waals surface area contributed by atoms with E-state index in [0.717, 1.165) is 22.3 Å². The second kappa shape index (κ2) is 9.44. The Morgan fingerprint density at radius 2 is 1.56 bits per heavy atom. The van der Waals surface area contributed by atoms with Crippen molar-refractivity contribution < 1.29 is 17.9 Å². The Bertz CT molecular complexity index is 1240. The molecule has 0 saturated carbocycles. The van der Waals surface area contributed by atoms with Crippen LogP contribution in [-0.4, -0.2) is 27.7 Å².